The monoisotopic (exact) mass is 271 g/mol. The first-order valence-corrected chi connectivity index (χ1v) is 6.67. The fraction of sp³-hybridized carbons (Fsp3) is 0.846. The van der Waals surface area contributed by atoms with Crippen molar-refractivity contribution in [2.45, 2.75) is 32.9 Å². The maximum atomic E-state index is 12.4. The number of urea groups is 1. The molecule has 0 aliphatic carbocycles. The van der Waals surface area contributed by atoms with Crippen molar-refractivity contribution in [1.29, 1.82) is 0 Å². The van der Waals surface area contributed by atoms with Crippen molar-refractivity contribution >= 4 is 12.0 Å². The number of nitrogens with zero attached hydrogens (tertiary/aromatic N) is 3. The van der Waals surface area contributed by atoms with Gasteiger partial charge >= 0.3 is 12.0 Å². The van der Waals surface area contributed by atoms with Crippen LogP contribution in [0.15, 0.2) is 0 Å². The Kier molecular flexibility index (Phi) is 5.17. The Morgan fingerprint density at radius 1 is 1.32 bits per heavy atom. The Hall–Kier alpha value is -1.30. The number of aliphatic carboxylic acids is 1. The number of carboxylic acid groups (broad SMARTS) is 1. The summed E-state index contributed by atoms with van der Waals surface area (Å²) in [6, 6.07) is 0.0497. The van der Waals surface area contributed by atoms with E-state index in [1.165, 1.54) is 4.90 Å². The van der Waals surface area contributed by atoms with Crippen molar-refractivity contribution < 1.29 is 14.7 Å². The van der Waals surface area contributed by atoms with Crippen LogP contribution in [0.2, 0.25) is 0 Å². The number of rotatable bonds is 4. The van der Waals surface area contributed by atoms with Gasteiger partial charge in [0.25, 0.3) is 0 Å². The van der Waals surface area contributed by atoms with E-state index in [-0.39, 0.29) is 18.6 Å². The zero-order valence-electron chi connectivity index (χ0n) is 12.5. The predicted molar refractivity (Wildman–Crippen MR) is 73.1 cm³/mol. The molecule has 1 rings (SSSR count). The maximum Gasteiger partial charge on any atom is 0.323 e. The highest BCUT2D eigenvalue weighted by molar-refractivity contribution is 5.80. The van der Waals surface area contributed by atoms with E-state index in [2.05, 4.69) is 11.8 Å². The molecule has 2 unspecified atom stereocenters. The molecular weight excluding hydrogens is 246 g/mol. The lowest BCUT2D eigenvalue weighted by Gasteiger charge is -2.30. The van der Waals surface area contributed by atoms with Crippen LogP contribution in [-0.2, 0) is 4.79 Å². The summed E-state index contributed by atoms with van der Waals surface area (Å²) in [5.41, 5.74) is 0. The van der Waals surface area contributed by atoms with Gasteiger partial charge in [-0.05, 0) is 33.9 Å². The Balaban J connectivity index is 2.74. The fourth-order valence-corrected chi connectivity index (χ4v) is 2.58. The van der Waals surface area contributed by atoms with E-state index in [0.717, 1.165) is 0 Å². The number of carbonyl (C=O) groups is 2. The van der Waals surface area contributed by atoms with Crippen LogP contribution in [0.4, 0.5) is 4.79 Å². The maximum absolute atomic E-state index is 12.4. The molecule has 1 fully saturated rings. The normalized spacial score (nSPS) is 23.2. The van der Waals surface area contributed by atoms with E-state index < -0.39 is 5.97 Å². The van der Waals surface area contributed by atoms with Crippen LogP contribution in [0.1, 0.15) is 20.8 Å². The number of likely N-dealkylation sites (tertiary alicyclic amines) is 1. The molecule has 110 valence electrons. The van der Waals surface area contributed by atoms with Crippen molar-refractivity contribution in [2.75, 3.05) is 33.7 Å². The minimum atomic E-state index is -0.974. The van der Waals surface area contributed by atoms with Gasteiger partial charge in [-0.25, -0.2) is 4.79 Å². The molecule has 2 amide bonds. The number of hydrogen-bond donors (Lipinski definition) is 1. The van der Waals surface area contributed by atoms with Gasteiger partial charge in [-0.1, -0.05) is 6.92 Å². The molecule has 6 nitrogen and oxygen atoms in total. The molecule has 1 heterocycles. The predicted octanol–water partition coefficient (Wildman–Crippen LogP) is 0.783. The number of carboxylic acids is 1. The second-order valence-corrected chi connectivity index (χ2v) is 5.81. The highest BCUT2D eigenvalue weighted by Crippen LogP contribution is 2.21. The van der Waals surface area contributed by atoms with E-state index in [4.69, 9.17) is 5.11 Å². The first-order chi connectivity index (χ1) is 8.73. The highest BCUT2D eigenvalue weighted by Gasteiger charge is 2.36. The van der Waals surface area contributed by atoms with E-state index in [9.17, 15) is 9.59 Å². The number of amides is 2. The van der Waals surface area contributed by atoms with Gasteiger partial charge in [-0.3, -0.25) is 4.79 Å². The van der Waals surface area contributed by atoms with Gasteiger partial charge < -0.3 is 19.8 Å². The van der Waals surface area contributed by atoms with Crippen LogP contribution < -0.4 is 0 Å². The molecule has 0 radical (unpaired) electrons. The van der Waals surface area contributed by atoms with Crippen molar-refractivity contribution in [3.8, 4) is 0 Å². The Morgan fingerprint density at radius 3 is 2.26 bits per heavy atom. The molecule has 0 aromatic carbocycles. The van der Waals surface area contributed by atoms with Crippen LogP contribution in [0, 0.1) is 5.92 Å². The van der Waals surface area contributed by atoms with Crippen LogP contribution >= 0.6 is 0 Å². The molecule has 1 saturated heterocycles. The Labute approximate surface area is 115 Å². The summed E-state index contributed by atoms with van der Waals surface area (Å²) in [7, 11) is 4.01. The van der Waals surface area contributed by atoms with Crippen molar-refractivity contribution in [2.24, 2.45) is 5.92 Å². The molecule has 19 heavy (non-hydrogen) atoms. The van der Waals surface area contributed by atoms with Gasteiger partial charge in [0.05, 0.1) is 0 Å². The molecule has 2 atom stereocenters. The quantitative estimate of drug-likeness (QED) is 0.821. The molecular formula is C13H25N3O3. The van der Waals surface area contributed by atoms with Crippen molar-refractivity contribution in [3.05, 3.63) is 0 Å². The second kappa shape index (κ2) is 6.23. The Morgan fingerprint density at radius 2 is 1.89 bits per heavy atom. The van der Waals surface area contributed by atoms with E-state index >= 15 is 0 Å². The summed E-state index contributed by atoms with van der Waals surface area (Å²) in [4.78, 5) is 28.5. The third kappa shape index (κ3) is 3.83. The first kappa shape index (κ1) is 15.8. The highest BCUT2D eigenvalue weighted by atomic mass is 16.4. The summed E-state index contributed by atoms with van der Waals surface area (Å²) < 4.78 is 0. The average molecular weight is 271 g/mol. The third-order valence-corrected chi connectivity index (χ3v) is 3.68. The van der Waals surface area contributed by atoms with Crippen molar-refractivity contribution in [1.82, 2.24) is 14.7 Å². The zero-order valence-corrected chi connectivity index (χ0v) is 12.5. The topological polar surface area (TPSA) is 64.1 Å². The van der Waals surface area contributed by atoms with Gasteiger partial charge in [0.15, 0.2) is 0 Å². The summed E-state index contributed by atoms with van der Waals surface area (Å²) in [5, 5.41) is 8.90. The van der Waals surface area contributed by atoms with E-state index in [1.807, 2.05) is 27.9 Å². The molecule has 0 bridgehead atoms. The third-order valence-electron chi connectivity index (χ3n) is 3.68. The summed E-state index contributed by atoms with van der Waals surface area (Å²) in [6.45, 7) is 6.90. The molecule has 1 N–H and O–H groups in total. The molecule has 0 aromatic rings. The smallest absolute Gasteiger partial charge is 0.323 e. The summed E-state index contributed by atoms with van der Waals surface area (Å²) in [6.07, 6.45) is 0. The van der Waals surface area contributed by atoms with Crippen LogP contribution in [-0.4, -0.2) is 77.6 Å². The molecule has 6 heteroatoms. The standard InChI is InChI=1S/C13H25N3O3/c1-9(2)16(8-12(17)18)13(19)15-6-10(3)11(7-15)14(4)5/h9-11H,6-8H2,1-5H3,(H,17,18). The van der Waals surface area contributed by atoms with Gasteiger partial charge in [0.1, 0.15) is 6.54 Å². The molecule has 0 spiro atoms. The van der Waals surface area contributed by atoms with Crippen molar-refractivity contribution in [3.63, 3.8) is 0 Å². The lowest BCUT2D eigenvalue weighted by atomic mass is 10.1. The molecule has 0 saturated carbocycles. The SMILES string of the molecule is CC1CN(C(=O)N(CC(=O)O)C(C)C)CC1N(C)C. The van der Waals surface area contributed by atoms with Gasteiger partial charge in [0, 0.05) is 25.2 Å². The lowest BCUT2D eigenvalue weighted by molar-refractivity contribution is -0.138. The van der Waals surface area contributed by atoms with Crippen LogP contribution in [0.3, 0.4) is 0 Å². The average Bonchev–Trinajstić information content (AvgIpc) is 2.66. The minimum Gasteiger partial charge on any atom is -0.480 e. The van der Waals surface area contributed by atoms with Crippen LogP contribution in [0.25, 0.3) is 0 Å². The van der Waals surface area contributed by atoms with Gasteiger partial charge in [0.2, 0.25) is 0 Å². The second-order valence-electron chi connectivity index (χ2n) is 5.81. The molecule has 1 aliphatic heterocycles. The Bertz CT molecular complexity index is 344. The van der Waals surface area contributed by atoms with Gasteiger partial charge in [-0.2, -0.15) is 0 Å². The molecule has 1 aliphatic rings. The van der Waals surface area contributed by atoms with E-state index in [0.29, 0.717) is 25.0 Å². The number of carbonyl (C=O) groups excluding carboxylic acids is 1. The summed E-state index contributed by atoms with van der Waals surface area (Å²) >= 11 is 0. The fourth-order valence-electron chi connectivity index (χ4n) is 2.58. The molecule has 0 aromatic heterocycles. The zero-order chi connectivity index (χ0) is 14.7. The van der Waals surface area contributed by atoms with Gasteiger partial charge in [-0.15, -0.1) is 0 Å². The largest absolute Gasteiger partial charge is 0.480 e. The van der Waals surface area contributed by atoms with E-state index in [1.54, 1.807) is 4.90 Å². The minimum absolute atomic E-state index is 0.114. The summed E-state index contributed by atoms with van der Waals surface area (Å²) in [5.74, 6) is -0.573. The first-order valence-electron chi connectivity index (χ1n) is 6.67. The van der Waals surface area contributed by atoms with Crippen LogP contribution in [0.5, 0.6) is 0 Å². The number of likely N-dealkylation sites (N-methyl/N-ethyl adjacent to an activating group) is 1. The lowest BCUT2D eigenvalue weighted by Crippen LogP contribution is -2.48. The number of hydrogen-bond acceptors (Lipinski definition) is 3.